The first-order valence-corrected chi connectivity index (χ1v) is 4.74. The van der Waals surface area contributed by atoms with Crippen molar-refractivity contribution in [2.45, 2.75) is 0 Å². The van der Waals surface area contributed by atoms with Crippen molar-refractivity contribution in [2.75, 3.05) is 38.3 Å². The first-order chi connectivity index (χ1) is 7.27. The molecule has 1 N–H and O–H groups in total. The molecule has 84 valence electrons. The van der Waals surface area contributed by atoms with Gasteiger partial charge >= 0.3 is 0 Å². The molecular formula is C10H15FN2O2. The molecule has 0 aliphatic heterocycles. The highest BCUT2D eigenvalue weighted by Crippen LogP contribution is 2.13. The zero-order chi connectivity index (χ0) is 11.1. The van der Waals surface area contributed by atoms with E-state index in [1.165, 1.54) is 12.3 Å². The molecule has 15 heavy (non-hydrogen) atoms. The van der Waals surface area contributed by atoms with Gasteiger partial charge in [0, 0.05) is 38.1 Å². The number of aliphatic hydroxyl groups is 1. The summed E-state index contributed by atoms with van der Waals surface area (Å²) in [7, 11) is 1.60. The smallest absolute Gasteiger partial charge is 0.214 e. The molecule has 0 saturated carbocycles. The summed E-state index contributed by atoms with van der Waals surface area (Å²) in [5.41, 5.74) is 0.702. The number of ether oxygens (including phenoxy) is 1. The minimum atomic E-state index is -0.521. The van der Waals surface area contributed by atoms with Crippen LogP contribution in [0.25, 0.3) is 0 Å². The Morgan fingerprint density at radius 3 is 2.93 bits per heavy atom. The summed E-state index contributed by atoms with van der Waals surface area (Å²) >= 11 is 0. The second-order valence-electron chi connectivity index (χ2n) is 3.04. The molecule has 0 unspecified atom stereocenters. The van der Waals surface area contributed by atoms with Crippen LogP contribution in [0.2, 0.25) is 0 Å². The second-order valence-corrected chi connectivity index (χ2v) is 3.04. The van der Waals surface area contributed by atoms with E-state index in [9.17, 15) is 4.39 Å². The number of rotatable bonds is 6. The van der Waals surface area contributed by atoms with E-state index in [0.29, 0.717) is 25.4 Å². The summed E-state index contributed by atoms with van der Waals surface area (Å²) in [6, 6.07) is 3.04. The summed E-state index contributed by atoms with van der Waals surface area (Å²) in [5.74, 6) is -0.521. The maximum Gasteiger partial charge on any atom is 0.214 e. The average Bonchev–Trinajstić information content (AvgIpc) is 2.24. The number of halogens is 1. The van der Waals surface area contributed by atoms with Crippen LogP contribution in [0.3, 0.4) is 0 Å². The van der Waals surface area contributed by atoms with Crippen molar-refractivity contribution in [3.05, 3.63) is 24.3 Å². The second kappa shape index (κ2) is 6.31. The van der Waals surface area contributed by atoms with Crippen molar-refractivity contribution in [1.82, 2.24) is 4.98 Å². The predicted molar refractivity (Wildman–Crippen MR) is 55.4 cm³/mol. The molecule has 0 fully saturated rings. The molecule has 0 bridgehead atoms. The summed E-state index contributed by atoms with van der Waals surface area (Å²) < 4.78 is 17.8. The monoisotopic (exact) mass is 214 g/mol. The fourth-order valence-corrected chi connectivity index (χ4v) is 1.28. The maximum absolute atomic E-state index is 12.9. The Morgan fingerprint density at radius 2 is 2.33 bits per heavy atom. The fourth-order valence-electron chi connectivity index (χ4n) is 1.28. The molecule has 1 rings (SSSR count). The largest absolute Gasteiger partial charge is 0.395 e. The molecule has 1 aromatic rings. The molecule has 1 heterocycles. The van der Waals surface area contributed by atoms with E-state index >= 15 is 0 Å². The Morgan fingerprint density at radius 1 is 1.53 bits per heavy atom. The van der Waals surface area contributed by atoms with Crippen molar-refractivity contribution in [3.63, 3.8) is 0 Å². The van der Waals surface area contributed by atoms with Gasteiger partial charge in [-0.1, -0.05) is 0 Å². The number of aromatic nitrogens is 1. The highest BCUT2D eigenvalue weighted by atomic mass is 19.1. The Bertz CT molecular complexity index is 297. The lowest BCUT2D eigenvalue weighted by Crippen LogP contribution is -2.30. The van der Waals surface area contributed by atoms with Crippen molar-refractivity contribution in [2.24, 2.45) is 0 Å². The number of anilines is 1. The molecule has 0 aliphatic rings. The van der Waals surface area contributed by atoms with E-state index in [-0.39, 0.29) is 6.61 Å². The zero-order valence-electron chi connectivity index (χ0n) is 8.69. The van der Waals surface area contributed by atoms with Crippen LogP contribution in [0.15, 0.2) is 18.3 Å². The average molecular weight is 214 g/mol. The van der Waals surface area contributed by atoms with Gasteiger partial charge in [-0.2, -0.15) is 4.39 Å². The highest BCUT2D eigenvalue weighted by molar-refractivity contribution is 5.44. The Hall–Kier alpha value is -1.20. The molecule has 0 aromatic carbocycles. The van der Waals surface area contributed by atoms with Gasteiger partial charge in [-0.3, -0.25) is 0 Å². The van der Waals surface area contributed by atoms with Crippen LogP contribution in [0.1, 0.15) is 0 Å². The quantitative estimate of drug-likeness (QED) is 0.707. The standard InChI is InChI=1S/C10H15FN2O2/c1-15-7-5-13(4-6-14)9-2-3-12-10(11)8-9/h2-3,8,14H,4-7H2,1H3. The van der Waals surface area contributed by atoms with Crippen LogP contribution in [-0.2, 0) is 4.74 Å². The third-order valence-corrected chi connectivity index (χ3v) is 2.01. The topological polar surface area (TPSA) is 45.6 Å². The lowest BCUT2D eigenvalue weighted by atomic mass is 10.3. The lowest BCUT2D eigenvalue weighted by Gasteiger charge is -2.23. The van der Waals surface area contributed by atoms with Crippen LogP contribution < -0.4 is 4.90 Å². The first kappa shape index (κ1) is 11.9. The van der Waals surface area contributed by atoms with E-state index in [1.54, 1.807) is 13.2 Å². The van der Waals surface area contributed by atoms with Crippen molar-refractivity contribution >= 4 is 5.69 Å². The van der Waals surface area contributed by atoms with E-state index in [2.05, 4.69) is 4.98 Å². The molecule has 0 amide bonds. The highest BCUT2D eigenvalue weighted by Gasteiger charge is 2.06. The zero-order valence-corrected chi connectivity index (χ0v) is 8.69. The molecule has 0 aliphatic carbocycles. The van der Waals surface area contributed by atoms with E-state index in [1.807, 2.05) is 4.90 Å². The van der Waals surface area contributed by atoms with E-state index in [0.717, 1.165) is 0 Å². The van der Waals surface area contributed by atoms with Gasteiger partial charge in [-0.05, 0) is 6.07 Å². The molecule has 1 aromatic heterocycles. The Balaban J connectivity index is 2.69. The number of hydrogen-bond acceptors (Lipinski definition) is 4. The van der Waals surface area contributed by atoms with Gasteiger partial charge in [0.2, 0.25) is 5.95 Å². The molecule has 0 spiro atoms. The van der Waals surface area contributed by atoms with Gasteiger partial charge in [0.25, 0.3) is 0 Å². The molecule has 0 saturated heterocycles. The minimum Gasteiger partial charge on any atom is -0.395 e. The molecule has 0 radical (unpaired) electrons. The summed E-state index contributed by atoms with van der Waals surface area (Å²) in [6.45, 7) is 1.62. The third kappa shape index (κ3) is 3.81. The van der Waals surface area contributed by atoms with Crippen molar-refractivity contribution < 1.29 is 14.2 Å². The number of hydrogen-bond donors (Lipinski definition) is 1. The van der Waals surface area contributed by atoms with Gasteiger partial charge in [-0.15, -0.1) is 0 Å². The number of nitrogens with zero attached hydrogens (tertiary/aromatic N) is 2. The first-order valence-electron chi connectivity index (χ1n) is 4.74. The maximum atomic E-state index is 12.9. The Labute approximate surface area is 88.3 Å². The number of pyridine rings is 1. The van der Waals surface area contributed by atoms with Crippen LogP contribution in [0.4, 0.5) is 10.1 Å². The number of aliphatic hydroxyl groups excluding tert-OH is 1. The molecular weight excluding hydrogens is 199 g/mol. The van der Waals surface area contributed by atoms with Crippen LogP contribution in [0, 0.1) is 5.95 Å². The SMILES string of the molecule is COCCN(CCO)c1ccnc(F)c1. The number of methoxy groups -OCH3 is 1. The normalized spacial score (nSPS) is 10.3. The van der Waals surface area contributed by atoms with Gasteiger partial charge in [0.1, 0.15) is 0 Å². The molecule has 0 atom stereocenters. The van der Waals surface area contributed by atoms with E-state index < -0.39 is 5.95 Å². The summed E-state index contributed by atoms with van der Waals surface area (Å²) in [5, 5.41) is 8.87. The summed E-state index contributed by atoms with van der Waals surface area (Å²) in [6.07, 6.45) is 1.40. The van der Waals surface area contributed by atoms with Gasteiger partial charge in [-0.25, -0.2) is 4.98 Å². The Kier molecular flexibility index (Phi) is 5.00. The van der Waals surface area contributed by atoms with Crippen molar-refractivity contribution in [3.8, 4) is 0 Å². The van der Waals surface area contributed by atoms with Crippen LogP contribution in [0.5, 0.6) is 0 Å². The van der Waals surface area contributed by atoms with Crippen LogP contribution in [-0.4, -0.2) is 43.5 Å². The van der Waals surface area contributed by atoms with Gasteiger partial charge < -0.3 is 14.7 Å². The molecule has 5 heteroatoms. The van der Waals surface area contributed by atoms with Crippen LogP contribution >= 0.6 is 0 Å². The fraction of sp³-hybridized carbons (Fsp3) is 0.500. The lowest BCUT2D eigenvalue weighted by molar-refractivity contribution is 0.203. The van der Waals surface area contributed by atoms with E-state index in [4.69, 9.17) is 9.84 Å². The van der Waals surface area contributed by atoms with Gasteiger partial charge in [0.05, 0.1) is 13.2 Å². The van der Waals surface area contributed by atoms with Gasteiger partial charge in [0.15, 0.2) is 0 Å². The summed E-state index contributed by atoms with van der Waals surface area (Å²) in [4.78, 5) is 5.32. The minimum absolute atomic E-state index is 0.0215. The third-order valence-electron chi connectivity index (χ3n) is 2.01. The van der Waals surface area contributed by atoms with Crippen molar-refractivity contribution in [1.29, 1.82) is 0 Å². The molecule has 4 nitrogen and oxygen atoms in total. The predicted octanol–water partition coefficient (Wildman–Crippen LogP) is 0.666.